The van der Waals surface area contributed by atoms with Crippen molar-refractivity contribution in [2.75, 3.05) is 24.6 Å². The van der Waals surface area contributed by atoms with Gasteiger partial charge >= 0.3 is 0 Å². The Morgan fingerprint density at radius 3 is 2.62 bits per heavy atom. The number of nitrogens with zero attached hydrogens (tertiary/aromatic N) is 4. The minimum atomic E-state index is 0.251. The Morgan fingerprint density at radius 2 is 2.00 bits per heavy atom. The zero-order chi connectivity index (χ0) is 17.6. The Labute approximate surface area is 151 Å². The normalized spacial score (nSPS) is 16.8. The van der Waals surface area contributed by atoms with Gasteiger partial charge in [0.25, 0.3) is 0 Å². The van der Waals surface area contributed by atoms with Crippen molar-refractivity contribution < 1.29 is 4.74 Å². The second-order valence-electron chi connectivity index (χ2n) is 8.00. The Hall–Kier alpha value is -0.940. The number of halogens is 1. The average Bonchev–Trinajstić information content (AvgIpc) is 2.53. The van der Waals surface area contributed by atoms with Gasteiger partial charge in [0.05, 0.1) is 12.7 Å². The molecule has 0 radical (unpaired) electrons. The SMILES string of the molecule is CC(C)CCCC(C)(C)COC1CCN(c2ncnc(Cl)n2)CC1. The summed E-state index contributed by atoms with van der Waals surface area (Å²) in [6.45, 7) is 11.9. The van der Waals surface area contributed by atoms with Crippen molar-refractivity contribution in [3.8, 4) is 0 Å². The molecule has 1 aliphatic heterocycles. The van der Waals surface area contributed by atoms with Gasteiger partial charge < -0.3 is 9.64 Å². The number of hydrogen-bond acceptors (Lipinski definition) is 5. The highest BCUT2D eigenvalue weighted by Gasteiger charge is 2.25. The topological polar surface area (TPSA) is 51.1 Å². The zero-order valence-corrected chi connectivity index (χ0v) is 16.2. The van der Waals surface area contributed by atoms with Crippen molar-refractivity contribution in [2.45, 2.75) is 65.9 Å². The Kier molecular flexibility index (Phi) is 7.23. The summed E-state index contributed by atoms with van der Waals surface area (Å²) in [7, 11) is 0. The number of anilines is 1. The Morgan fingerprint density at radius 1 is 1.29 bits per heavy atom. The molecular weight excluding hydrogens is 324 g/mol. The predicted octanol–water partition coefficient (Wildman–Crippen LogP) is 4.36. The lowest BCUT2D eigenvalue weighted by Gasteiger charge is -2.34. The van der Waals surface area contributed by atoms with Crippen LogP contribution in [0.4, 0.5) is 5.95 Å². The fourth-order valence-electron chi connectivity index (χ4n) is 3.05. The van der Waals surface area contributed by atoms with E-state index in [0.29, 0.717) is 12.1 Å². The Balaban J connectivity index is 1.71. The third kappa shape index (κ3) is 6.52. The standard InChI is InChI=1S/C18H31ClN4O/c1-14(2)6-5-9-18(3,4)12-24-15-7-10-23(11-8-15)17-21-13-20-16(19)22-17/h13-15H,5-12H2,1-4H3. The average molecular weight is 355 g/mol. The van der Waals surface area contributed by atoms with E-state index in [4.69, 9.17) is 16.3 Å². The van der Waals surface area contributed by atoms with Crippen LogP contribution in [-0.4, -0.2) is 40.8 Å². The van der Waals surface area contributed by atoms with Crippen molar-refractivity contribution in [1.29, 1.82) is 0 Å². The zero-order valence-electron chi connectivity index (χ0n) is 15.5. The van der Waals surface area contributed by atoms with Crippen LogP contribution >= 0.6 is 11.6 Å². The van der Waals surface area contributed by atoms with Crippen LogP contribution in [0.5, 0.6) is 0 Å². The van der Waals surface area contributed by atoms with Gasteiger partial charge in [0.15, 0.2) is 0 Å². The highest BCUT2D eigenvalue weighted by atomic mass is 35.5. The van der Waals surface area contributed by atoms with Crippen LogP contribution in [0, 0.1) is 11.3 Å². The summed E-state index contributed by atoms with van der Waals surface area (Å²) in [6, 6.07) is 0. The van der Waals surface area contributed by atoms with E-state index in [1.807, 2.05) is 0 Å². The van der Waals surface area contributed by atoms with Crippen LogP contribution in [-0.2, 0) is 4.74 Å². The molecule has 0 aliphatic carbocycles. The van der Waals surface area contributed by atoms with Gasteiger partial charge in [-0.3, -0.25) is 0 Å². The van der Waals surface area contributed by atoms with E-state index in [9.17, 15) is 0 Å². The molecule has 0 atom stereocenters. The minimum absolute atomic E-state index is 0.251. The molecule has 1 aromatic rings. The molecule has 5 nitrogen and oxygen atoms in total. The van der Waals surface area contributed by atoms with E-state index in [2.05, 4.69) is 47.5 Å². The molecule has 0 aromatic carbocycles. The van der Waals surface area contributed by atoms with Gasteiger partial charge in [0, 0.05) is 13.1 Å². The summed E-state index contributed by atoms with van der Waals surface area (Å²) in [5.74, 6) is 1.46. The summed E-state index contributed by atoms with van der Waals surface area (Å²) in [5, 5.41) is 0.251. The number of ether oxygens (including phenoxy) is 1. The molecule has 0 bridgehead atoms. The third-order valence-electron chi connectivity index (χ3n) is 4.60. The maximum absolute atomic E-state index is 6.21. The minimum Gasteiger partial charge on any atom is -0.378 e. The summed E-state index contributed by atoms with van der Waals surface area (Å²) in [6.07, 6.45) is 7.63. The van der Waals surface area contributed by atoms with E-state index in [1.54, 1.807) is 0 Å². The molecule has 0 saturated carbocycles. The van der Waals surface area contributed by atoms with Crippen molar-refractivity contribution in [3.63, 3.8) is 0 Å². The van der Waals surface area contributed by atoms with Gasteiger partial charge in [-0.05, 0) is 42.2 Å². The first-order valence-electron chi connectivity index (χ1n) is 9.07. The van der Waals surface area contributed by atoms with Crippen molar-refractivity contribution in [2.24, 2.45) is 11.3 Å². The van der Waals surface area contributed by atoms with E-state index in [0.717, 1.165) is 38.5 Å². The lowest BCUT2D eigenvalue weighted by Crippen LogP contribution is -2.39. The lowest BCUT2D eigenvalue weighted by molar-refractivity contribution is -0.0121. The van der Waals surface area contributed by atoms with Crippen LogP contribution in [0.2, 0.25) is 5.28 Å². The van der Waals surface area contributed by atoms with Crippen molar-refractivity contribution >= 4 is 17.5 Å². The van der Waals surface area contributed by atoms with E-state index in [-0.39, 0.29) is 10.7 Å². The fraction of sp³-hybridized carbons (Fsp3) is 0.833. The van der Waals surface area contributed by atoms with Crippen molar-refractivity contribution in [3.05, 3.63) is 11.6 Å². The van der Waals surface area contributed by atoms with Crippen LogP contribution in [0.15, 0.2) is 6.33 Å². The predicted molar refractivity (Wildman–Crippen MR) is 98.5 cm³/mol. The molecule has 0 N–H and O–H groups in total. The van der Waals surface area contributed by atoms with Gasteiger partial charge in [-0.1, -0.05) is 40.5 Å². The molecule has 6 heteroatoms. The van der Waals surface area contributed by atoms with Gasteiger partial charge in [0.1, 0.15) is 6.33 Å². The molecule has 1 aromatic heterocycles. The molecule has 2 rings (SSSR count). The van der Waals surface area contributed by atoms with Crippen molar-refractivity contribution in [1.82, 2.24) is 15.0 Å². The monoisotopic (exact) mass is 354 g/mol. The summed E-state index contributed by atoms with van der Waals surface area (Å²) in [5.41, 5.74) is 0.258. The lowest BCUT2D eigenvalue weighted by atomic mass is 9.87. The van der Waals surface area contributed by atoms with Gasteiger partial charge in [-0.2, -0.15) is 4.98 Å². The first kappa shape index (κ1) is 19.4. The summed E-state index contributed by atoms with van der Waals surface area (Å²) in [4.78, 5) is 14.4. The first-order chi connectivity index (χ1) is 11.4. The first-order valence-corrected chi connectivity index (χ1v) is 9.44. The fourth-order valence-corrected chi connectivity index (χ4v) is 3.17. The number of hydrogen-bond donors (Lipinski definition) is 0. The number of aromatic nitrogens is 3. The largest absolute Gasteiger partial charge is 0.378 e. The molecule has 0 spiro atoms. The molecule has 0 unspecified atom stereocenters. The summed E-state index contributed by atoms with van der Waals surface area (Å²) >= 11 is 5.84. The highest BCUT2D eigenvalue weighted by Crippen LogP contribution is 2.27. The van der Waals surface area contributed by atoms with Crippen LogP contribution in [0.3, 0.4) is 0 Å². The maximum Gasteiger partial charge on any atom is 0.229 e. The number of piperidine rings is 1. The smallest absolute Gasteiger partial charge is 0.229 e. The molecule has 2 heterocycles. The van der Waals surface area contributed by atoms with Gasteiger partial charge in [-0.15, -0.1) is 0 Å². The highest BCUT2D eigenvalue weighted by molar-refractivity contribution is 6.28. The molecule has 136 valence electrons. The van der Waals surface area contributed by atoms with Crippen LogP contribution in [0.1, 0.15) is 59.8 Å². The molecule has 24 heavy (non-hydrogen) atoms. The van der Waals surface area contributed by atoms with E-state index in [1.165, 1.54) is 25.6 Å². The molecular formula is C18H31ClN4O. The molecule has 0 amide bonds. The van der Waals surface area contributed by atoms with Crippen LogP contribution in [0.25, 0.3) is 0 Å². The molecule has 1 fully saturated rings. The van der Waals surface area contributed by atoms with E-state index < -0.39 is 0 Å². The van der Waals surface area contributed by atoms with Gasteiger partial charge in [0.2, 0.25) is 11.2 Å². The molecule has 1 saturated heterocycles. The van der Waals surface area contributed by atoms with Gasteiger partial charge in [-0.25, -0.2) is 9.97 Å². The quantitative estimate of drug-likeness (QED) is 0.694. The second-order valence-corrected chi connectivity index (χ2v) is 8.34. The van der Waals surface area contributed by atoms with Crippen LogP contribution < -0.4 is 4.90 Å². The summed E-state index contributed by atoms with van der Waals surface area (Å²) < 4.78 is 6.21. The third-order valence-corrected chi connectivity index (χ3v) is 4.78. The second kappa shape index (κ2) is 8.95. The molecule has 1 aliphatic rings. The Bertz CT molecular complexity index is 502. The van der Waals surface area contributed by atoms with E-state index >= 15 is 0 Å². The maximum atomic E-state index is 6.21. The number of rotatable bonds is 8.